The molecule has 1 atom stereocenters. The van der Waals surface area contributed by atoms with Crippen molar-refractivity contribution < 1.29 is 4.39 Å². The van der Waals surface area contributed by atoms with Crippen molar-refractivity contribution >= 4 is 5.69 Å². The predicted molar refractivity (Wildman–Crippen MR) is 88.3 cm³/mol. The predicted octanol–water partition coefficient (Wildman–Crippen LogP) is 4.51. The van der Waals surface area contributed by atoms with Gasteiger partial charge in [-0.3, -0.25) is 0 Å². The van der Waals surface area contributed by atoms with Crippen LogP contribution < -0.4 is 10.2 Å². The minimum absolute atomic E-state index is 0.0763. The van der Waals surface area contributed by atoms with Crippen LogP contribution in [0.4, 0.5) is 10.1 Å². The summed E-state index contributed by atoms with van der Waals surface area (Å²) in [6.07, 6.45) is 4.89. The third-order valence-electron chi connectivity index (χ3n) is 4.25. The first-order chi connectivity index (χ1) is 10.1. The lowest BCUT2D eigenvalue weighted by Gasteiger charge is -2.24. The average Bonchev–Trinajstić information content (AvgIpc) is 2.73. The molecule has 2 nitrogen and oxygen atoms in total. The van der Waals surface area contributed by atoms with Gasteiger partial charge in [0.05, 0.1) is 5.69 Å². The molecule has 0 amide bonds. The molecule has 1 fully saturated rings. The molecule has 0 spiro atoms. The number of hydrogen-bond donors (Lipinski definition) is 1. The maximum Gasteiger partial charge on any atom is 0.146 e. The Bertz CT molecular complexity index is 437. The maximum absolute atomic E-state index is 14.5. The van der Waals surface area contributed by atoms with E-state index in [9.17, 15) is 4.39 Å². The number of nitrogens with one attached hydrogen (secondary N) is 1. The van der Waals surface area contributed by atoms with Gasteiger partial charge in [0.25, 0.3) is 0 Å². The van der Waals surface area contributed by atoms with E-state index < -0.39 is 0 Å². The van der Waals surface area contributed by atoms with Crippen LogP contribution in [0.15, 0.2) is 18.2 Å². The van der Waals surface area contributed by atoms with Gasteiger partial charge < -0.3 is 10.2 Å². The molecular weight excluding hydrogens is 263 g/mol. The molecule has 1 aromatic rings. The van der Waals surface area contributed by atoms with Gasteiger partial charge in [-0.2, -0.15) is 0 Å². The fourth-order valence-electron chi connectivity index (χ4n) is 2.89. The third kappa shape index (κ3) is 4.70. The number of halogens is 1. The van der Waals surface area contributed by atoms with E-state index in [4.69, 9.17) is 0 Å². The molecule has 0 unspecified atom stereocenters. The first kappa shape index (κ1) is 16.3. The van der Waals surface area contributed by atoms with Crippen molar-refractivity contribution in [1.82, 2.24) is 5.32 Å². The van der Waals surface area contributed by atoms with Crippen LogP contribution in [0, 0.1) is 11.7 Å². The Morgan fingerprint density at radius 2 is 1.76 bits per heavy atom. The van der Waals surface area contributed by atoms with E-state index in [1.807, 2.05) is 6.07 Å². The number of benzene rings is 1. The first-order valence-electron chi connectivity index (χ1n) is 8.35. The Hall–Kier alpha value is -1.09. The van der Waals surface area contributed by atoms with Crippen LogP contribution in [0.5, 0.6) is 0 Å². The summed E-state index contributed by atoms with van der Waals surface area (Å²) in [7, 11) is 0. The lowest BCUT2D eigenvalue weighted by Crippen LogP contribution is -2.26. The van der Waals surface area contributed by atoms with Crippen molar-refractivity contribution in [3.05, 3.63) is 29.6 Å². The Morgan fingerprint density at radius 1 is 1.10 bits per heavy atom. The van der Waals surface area contributed by atoms with Crippen LogP contribution in [0.1, 0.15) is 58.1 Å². The highest BCUT2D eigenvalue weighted by atomic mass is 19.1. The van der Waals surface area contributed by atoms with Crippen LogP contribution in [0.25, 0.3) is 0 Å². The summed E-state index contributed by atoms with van der Waals surface area (Å²) in [5.41, 5.74) is 1.81. The summed E-state index contributed by atoms with van der Waals surface area (Å²) in [5, 5.41) is 3.45. The molecule has 1 saturated heterocycles. The quantitative estimate of drug-likeness (QED) is 0.859. The first-order valence-corrected chi connectivity index (χ1v) is 8.35. The van der Waals surface area contributed by atoms with Crippen LogP contribution in [-0.4, -0.2) is 19.6 Å². The van der Waals surface area contributed by atoms with Gasteiger partial charge in [-0.05, 0) is 49.9 Å². The second-order valence-electron chi connectivity index (χ2n) is 6.64. The molecule has 1 aromatic carbocycles. The van der Waals surface area contributed by atoms with Crippen molar-refractivity contribution in [2.45, 2.75) is 52.5 Å². The van der Waals surface area contributed by atoms with Crippen molar-refractivity contribution in [2.75, 3.05) is 24.5 Å². The summed E-state index contributed by atoms with van der Waals surface area (Å²) in [4.78, 5) is 2.21. The summed E-state index contributed by atoms with van der Waals surface area (Å²) >= 11 is 0. The molecule has 21 heavy (non-hydrogen) atoms. The van der Waals surface area contributed by atoms with Crippen LogP contribution in [0.2, 0.25) is 0 Å². The van der Waals surface area contributed by atoms with E-state index in [0.29, 0.717) is 5.92 Å². The molecule has 1 aliphatic heterocycles. The molecule has 1 aliphatic rings. The van der Waals surface area contributed by atoms with E-state index in [2.05, 4.69) is 37.1 Å². The molecule has 1 heterocycles. The zero-order chi connectivity index (χ0) is 15.2. The number of anilines is 1. The molecule has 0 bridgehead atoms. The second-order valence-corrected chi connectivity index (χ2v) is 6.64. The summed E-state index contributed by atoms with van der Waals surface area (Å²) < 4.78 is 14.5. The average molecular weight is 292 g/mol. The number of hydrogen-bond acceptors (Lipinski definition) is 2. The van der Waals surface area contributed by atoms with E-state index >= 15 is 0 Å². The van der Waals surface area contributed by atoms with Crippen molar-refractivity contribution in [1.29, 1.82) is 0 Å². The summed E-state index contributed by atoms with van der Waals surface area (Å²) in [5.74, 6) is 0.529. The highest BCUT2D eigenvalue weighted by Gasteiger charge is 2.15. The Kier molecular flexibility index (Phi) is 6.04. The van der Waals surface area contributed by atoms with Gasteiger partial charge >= 0.3 is 0 Å². The zero-order valence-corrected chi connectivity index (χ0v) is 13.7. The summed E-state index contributed by atoms with van der Waals surface area (Å²) in [6.45, 7) is 9.39. The standard InChI is InChI=1S/C18H29FN2/c1-14(2)13-20-15(3)16-8-9-18(17(19)12-16)21-10-6-4-5-7-11-21/h8-9,12,14-15,20H,4-7,10-11,13H2,1-3H3/t15-/m0/s1. The lowest BCUT2D eigenvalue weighted by molar-refractivity contribution is 0.494. The largest absolute Gasteiger partial charge is 0.369 e. The molecule has 0 aromatic heterocycles. The maximum atomic E-state index is 14.5. The molecule has 0 saturated carbocycles. The van der Waals surface area contributed by atoms with Gasteiger partial charge in [-0.1, -0.05) is 32.8 Å². The summed E-state index contributed by atoms with van der Waals surface area (Å²) in [6, 6.07) is 5.93. The highest BCUT2D eigenvalue weighted by molar-refractivity contribution is 5.49. The Morgan fingerprint density at radius 3 is 2.33 bits per heavy atom. The third-order valence-corrected chi connectivity index (χ3v) is 4.25. The number of rotatable bonds is 5. The van der Waals surface area contributed by atoms with E-state index in [-0.39, 0.29) is 11.9 Å². The molecule has 0 aliphatic carbocycles. The minimum Gasteiger partial charge on any atom is -0.369 e. The molecular formula is C18H29FN2. The van der Waals surface area contributed by atoms with Crippen molar-refractivity contribution in [3.63, 3.8) is 0 Å². The minimum atomic E-state index is -0.0763. The Balaban J connectivity index is 2.05. The van der Waals surface area contributed by atoms with Crippen LogP contribution in [-0.2, 0) is 0 Å². The molecule has 0 radical (unpaired) electrons. The van der Waals surface area contributed by atoms with Gasteiger partial charge in [0.2, 0.25) is 0 Å². The number of nitrogens with zero attached hydrogens (tertiary/aromatic N) is 1. The van der Waals surface area contributed by atoms with Crippen LogP contribution >= 0.6 is 0 Å². The lowest BCUT2D eigenvalue weighted by atomic mass is 10.1. The van der Waals surface area contributed by atoms with Gasteiger partial charge in [0, 0.05) is 19.1 Å². The zero-order valence-electron chi connectivity index (χ0n) is 13.7. The van der Waals surface area contributed by atoms with Gasteiger partial charge in [0.15, 0.2) is 0 Å². The van der Waals surface area contributed by atoms with E-state index in [1.54, 1.807) is 6.07 Å². The SMILES string of the molecule is CC(C)CN[C@@H](C)c1ccc(N2CCCCCC2)c(F)c1. The topological polar surface area (TPSA) is 15.3 Å². The smallest absolute Gasteiger partial charge is 0.146 e. The normalized spacial score (nSPS) is 17.9. The fourth-order valence-corrected chi connectivity index (χ4v) is 2.89. The second kappa shape index (κ2) is 7.79. The van der Waals surface area contributed by atoms with Gasteiger partial charge in [-0.15, -0.1) is 0 Å². The van der Waals surface area contributed by atoms with Gasteiger partial charge in [-0.25, -0.2) is 4.39 Å². The van der Waals surface area contributed by atoms with Crippen LogP contribution in [0.3, 0.4) is 0 Å². The van der Waals surface area contributed by atoms with Gasteiger partial charge in [0.1, 0.15) is 5.82 Å². The van der Waals surface area contributed by atoms with E-state index in [0.717, 1.165) is 30.9 Å². The Labute approximate surface area is 128 Å². The van der Waals surface area contributed by atoms with Crippen molar-refractivity contribution in [2.24, 2.45) is 5.92 Å². The molecule has 1 N–H and O–H groups in total. The fraction of sp³-hybridized carbons (Fsp3) is 0.667. The molecule has 2 rings (SSSR count). The highest BCUT2D eigenvalue weighted by Crippen LogP contribution is 2.25. The molecule has 118 valence electrons. The van der Waals surface area contributed by atoms with E-state index in [1.165, 1.54) is 25.7 Å². The molecule has 3 heteroatoms. The monoisotopic (exact) mass is 292 g/mol. The van der Waals surface area contributed by atoms with Crippen molar-refractivity contribution in [3.8, 4) is 0 Å².